The van der Waals surface area contributed by atoms with Gasteiger partial charge in [-0.25, -0.2) is 0 Å². The van der Waals surface area contributed by atoms with E-state index in [2.05, 4.69) is 17.9 Å². The molecular formula is C17H25NO4. The van der Waals surface area contributed by atoms with Gasteiger partial charge >= 0.3 is 5.97 Å². The van der Waals surface area contributed by atoms with Gasteiger partial charge in [-0.2, -0.15) is 0 Å². The summed E-state index contributed by atoms with van der Waals surface area (Å²) in [5, 5.41) is 0. The number of ether oxygens (including phenoxy) is 3. The zero-order chi connectivity index (χ0) is 16.1. The van der Waals surface area contributed by atoms with E-state index in [1.807, 2.05) is 6.07 Å². The number of hydrogen-bond acceptors (Lipinski definition) is 5. The largest absolute Gasteiger partial charge is 0.493 e. The average Bonchev–Trinajstić information content (AvgIpc) is 2.51. The second kappa shape index (κ2) is 7.49. The van der Waals surface area contributed by atoms with Crippen LogP contribution in [0.5, 0.6) is 11.5 Å². The van der Waals surface area contributed by atoms with Crippen LogP contribution in [0.15, 0.2) is 12.1 Å². The topological polar surface area (TPSA) is 48.0 Å². The first-order chi connectivity index (χ1) is 10.6. The van der Waals surface area contributed by atoms with Crippen molar-refractivity contribution in [1.29, 1.82) is 0 Å². The van der Waals surface area contributed by atoms with Crippen LogP contribution < -0.4 is 9.47 Å². The Morgan fingerprint density at radius 3 is 2.55 bits per heavy atom. The van der Waals surface area contributed by atoms with Crippen LogP contribution in [0, 0.1) is 0 Å². The van der Waals surface area contributed by atoms with E-state index in [1.54, 1.807) is 14.2 Å². The fourth-order valence-corrected chi connectivity index (χ4v) is 2.92. The van der Waals surface area contributed by atoms with Crippen LogP contribution in [-0.4, -0.2) is 44.8 Å². The second-order valence-electron chi connectivity index (χ2n) is 5.54. The number of nitrogens with zero attached hydrogens (tertiary/aromatic N) is 1. The molecule has 0 spiro atoms. The molecule has 1 saturated heterocycles. The predicted octanol–water partition coefficient (Wildman–Crippen LogP) is 2.40. The number of esters is 1. The highest BCUT2D eigenvalue weighted by atomic mass is 16.5. The fraction of sp³-hybridized carbons (Fsp3) is 0.588. The van der Waals surface area contributed by atoms with Crippen molar-refractivity contribution in [2.75, 3.05) is 27.9 Å². The minimum absolute atomic E-state index is 0.118. The van der Waals surface area contributed by atoms with Gasteiger partial charge in [0.2, 0.25) is 0 Å². The van der Waals surface area contributed by atoms with Crippen LogP contribution in [0.3, 0.4) is 0 Å². The summed E-state index contributed by atoms with van der Waals surface area (Å²) >= 11 is 0. The van der Waals surface area contributed by atoms with E-state index in [9.17, 15) is 4.79 Å². The first kappa shape index (κ1) is 16.6. The highest BCUT2D eigenvalue weighted by molar-refractivity contribution is 5.76. The van der Waals surface area contributed by atoms with Crippen LogP contribution in [-0.2, 0) is 22.5 Å². The van der Waals surface area contributed by atoms with Crippen LogP contribution in [0.2, 0.25) is 0 Å². The average molecular weight is 307 g/mol. The van der Waals surface area contributed by atoms with E-state index < -0.39 is 0 Å². The Hall–Kier alpha value is -1.75. The van der Waals surface area contributed by atoms with Crippen LogP contribution >= 0.6 is 0 Å². The molecule has 0 aliphatic carbocycles. The molecule has 22 heavy (non-hydrogen) atoms. The molecule has 0 amide bonds. The molecule has 122 valence electrons. The lowest BCUT2D eigenvalue weighted by molar-refractivity contribution is -0.152. The van der Waals surface area contributed by atoms with Crippen molar-refractivity contribution in [3.05, 3.63) is 23.3 Å². The standard InChI is InChI=1S/C17H25NO4/c1-5-6-13-9-12(10-15(20-2)16(13)21-3)11-18-8-7-14(18)17(19)22-4/h9-10,14H,5-8,11H2,1-4H3. The van der Waals surface area contributed by atoms with Gasteiger partial charge in [0, 0.05) is 13.1 Å². The van der Waals surface area contributed by atoms with Gasteiger partial charge in [0.25, 0.3) is 0 Å². The molecule has 0 N–H and O–H groups in total. The van der Waals surface area contributed by atoms with Crippen molar-refractivity contribution in [3.63, 3.8) is 0 Å². The number of methoxy groups -OCH3 is 3. The number of carbonyl (C=O) groups is 1. The molecular weight excluding hydrogens is 282 g/mol. The summed E-state index contributed by atoms with van der Waals surface area (Å²) in [6.45, 7) is 3.77. The number of carbonyl (C=O) groups excluding carboxylic acids is 1. The van der Waals surface area contributed by atoms with Gasteiger partial charge in [-0.3, -0.25) is 9.69 Å². The Morgan fingerprint density at radius 1 is 1.27 bits per heavy atom. The molecule has 1 unspecified atom stereocenters. The van der Waals surface area contributed by atoms with Crippen molar-refractivity contribution < 1.29 is 19.0 Å². The molecule has 1 heterocycles. The highest BCUT2D eigenvalue weighted by Gasteiger charge is 2.34. The van der Waals surface area contributed by atoms with E-state index in [0.717, 1.165) is 55.0 Å². The minimum Gasteiger partial charge on any atom is -0.493 e. The summed E-state index contributed by atoms with van der Waals surface area (Å²) in [6.07, 6.45) is 2.84. The molecule has 1 aliphatic heterocycles. The Labute approximate surface area is 132 Å². The van der Waals surface area contributed by atoms with Crippen molar-refractivity contribution in [2.24, 2.45) is 0 Å². The molecule has 1 atom stereocenters. The third kappa shape index (κ3) is 3.35. The van der Waals surface area contributed by atoms with E-state index in [4.69, 9.17) is 14.2 Å². The summed E-state index contributed by atoms with van der Waals surface area (Å²) < 4.78 is 15.8. The summed E-state index contributed by atoms with van der Waals surface area (Å²) in [5.41, 5.74) is 2.28. The van der Waals surface area contributed by atoms with Crippen molar-refractivity contribution in [1.82, 2.24) is 4.90 Å². The summed E-state index contributed by atoms with van der Waals surface area (Å²) in [7, 11) is 4.76. The van der Waals surface area contributed by atoms with Gasteiger partial charge < -0.3 is 14.2 Å². The van der Waals surface area contributed by atoms with E-state index in [1.165, 1.54) is 7.11 Å². The molecule has 0 saturated carbocycles. The van der Waals surface area contributed by atoms with Gasteiger partial charge in [-0.15, -0.1) is 0 Å². The third-order valence-electron chi connectivity index (χ3n) is 4.12. The summed E-state index contributed by atoms with van der Waals surface area (Å²) in [6, 6.07) is 4.02. The Balaban J connectivity index is 2.20. The number of aryl methyl sites for hydroxylation is 1. The lowest BCUT2D eigenvalue weighted by atomic mass is 9.99. The maximum atomic E-state index is 11.7. The molecule has 1 aromatic carbocycles. The Kier molecular flexibility index (Phi) is 5.66. The second-order valence-corrected chi connectivity index (χ2v) is 5.54. The van der Waals surface area contributed by atoms with Gasteiger partial charge in [-0.05, 0) is 30.0 Å². The maximum absolute atomic E-state index is 11.7. The van der Waals surface area contributed by atoms with Gasteiger partial charge in [0.15, 0.2) is 11.5 Å². The van der Waals surface area contributed by atoms with Gasteiger partial charge in [-0.1, -0.05) is 19.4 Å². The molecule has 1 fully saturated rings. The molecule has 0 aromatic heterocycles. The molecule has 0 radical (unpaired) electrons. The zero-order valence-corrected chi connectivity index (χ0v) is 13.8. The van der Waals surface area contributed by atoms with Gasteiger partial charge in [0.1, 0.15) is 6.04 Å². The maximum Gasteiger partial charge on any atom is 0.323 e. The zero-order valence-electron chi connectivity index (χ0n) is 13.8. The summed E-state index contributed by atoms with van der Waals surface area (Å²) in [4.78, 5) is 13.8. The molecule has 1 aromatic rings. The van der Waals surface area contributed by atoms with Crippen LogP contribution in [0.25, 0.3) is 0 Å². The number of hydrogen-bond donors (Lipinski definition) is 0. The van der Waals surface area contributed by atoms with E-state index in [0.29, 0.717) is 0 Å². The molecule has 2 rings (SSSR count). The molecule has 0 bridgehead atoms. The summed E-state index contributed by atoms with van der Waals surface area (Å²) in [5.74, 6) is 1.40. The Bertz CT molecular complexity index is 530. The fourth-order valence-electron chi connectivity index (χ4n) is 2.92. The normalized spacial score (nSPS) is 17.7. The Morgan fingerprint density at radius 2 is 2.05 bits per heavy atom. The predicted molar refractivity (Wildman–Crippen MR) is 84.4 cm³/mol. The lowest BCUT2D eigenvalue weighted by Gasteiger charge is -2.38. The van der Waals surface area contributed by atoms with Crippen molar-refractivity contribution >= 4 is 5.97 Å². The number of benzene rings is 1. The van der Waals surface area contributed by atoms with Crippen LogP contribution in [0.4, 0.5) is 0 Å². The first-order valence-electron chi connectivity index (χ1n) is 7.70. The van der Waals surface area contributed by atoms with Crippen molar-refractivity contribution in [2.45, 2.75) is 38.8 Å². The minimum atomic E-state index is -0.152. The smallest absolute Gasteiger partial charge is 0.323 e. The number of likely N-dealkylation sites (tertiary alicyclic amines) is 1. The monoisotopic (exact) mass is 307 g/mol. The third-order valence-corrected chi connectivity index (χ3v) is 4.12. The molecule has 5 nitrogen and oxygen atoms in total. The molecule has 5 heteroatoms. The SMILES string of the molecule is CCCc1cc(CN2CCC2C(=O)OC)cc(OC)c1OC. The van der Waals surface area contributed by atoms with E-state index >= 15 is 0 Å². The molecule has 1 aliphatic rings. The lowest BCUT2D eigenvalue weighted by Crippen LogP contribution is -2.52. The van der Waals surface area contributed by atoms with E-state index in [-0.39, 0.29) is 12.0 Å². The number of rotatable bonds is 7. The highest BCUT2D eigenvalue weighted by Crippen LogP contribution is 2.34. The van der Waals surface area contributed by atoms with Crippen molar-refractivity contribution in [3.8, 4) is 11.5 Å². The quantitative estimate of drug-likeness (QED) is 0.724. The first-order valence-corrected chi connectivity index (χ1v) is 7.70. The van der Waals surface area contributed by atoms with Crippen LogP contribution in [0.1, 0.15) is 30.9 Å². The van der Waals surface area contributed by atoms with Gasteiger partial charge in [0.05, 0.1) is 21.3 Å².